The Bertz CT molecular complexity index is 1710. The maximum absolute atomic E-state index is 13.6. The van der Waals surface area contributed by atoms with Gasteiger partial charge in [0.25, 0.3) is 7.82 Å². The number of allylic oxidation sites excluding steroid dienone is 13. The highest BCUT2D eigenvalue weighted by Gasteiger charge is 2.27. The first-order valence-corrected chi connectivity index (χ1v) is 36.9. The molecule has 0 bridgehead atoms. The van der Waals surface area contributed by atoms with E-state index in [2.05, 4.69) is 99.0 Å². The fourth-order valence-corrected chi connectivity index (χ4v) is 10.9. The van der Waals surface area contributed by atoms with E-state index in [-0.39, 0.29) is 24.9 Å². The molecule has 3 atom stereocenters. The molecule has 10 heteroatoms. The maximum Gasteiger partial charge on any atom is 0.306 e. The van der Waals surface area contributed by atoms with Crippen molar-refractivity contribution in [3.63, 3.8) is 0 Å². The molecule has 0 radical (unpaired) electrons. The molecule has 0 fully saturated rings. The van der Waals surface area contributed by atoms with Crippen LogP contribution in [0.25, 0.3) is 0 Å². The quantitative estimate of drug-likeness (QED) is 0.0212. The summed E-state index contributed by atoms with van der Waals surface area (Å²) in [7, 11) is 1.18. The predicted octanol–water partition coefficient (Wildman–Crippen LogP) is 21.9. The molecule has 488 valence electrons. The molecular formula is C74H135N2O7P. The van der Waals surface area contributed by atoms with Gasteiger partial charge in [-0.25, -0.2) is 0 Å². The Balaban J connectivity index is 5.09. The molecule has 1 amide bonds. The number of carbonyl (C=O) groups is 2. The van der Waals surface area contributed by atoms with Gasteiger partial charge in [0.2, 0.25) is 5.91 Å². The fraction of sp³-hybridized carbons (Fsp3) is 0.784. The Morgan fingerprint density at radius 3 is 1.15 bits per heavy atom. The van der Waals surface area contributed by atoms with Gasteiger partial charge in [-0.2, -0.15) is 0 Å². The van der Waals surface area contributed by atoms with E-state index in [0.717, 1.165) is 103 Å². The first kappa shape index (κ1) is 81.2. The molecule has 0 aliphatic carbocycles. The van der Waals surface area contributed by atoms with Crippen LogP contribution in [0.15, 0.2) is 85.1 Å². The molecule has 0 aromatic heterocycles. The first-order valence-electron chi connectivity index (χ1n) is 35.4. The van der Waals surface area contributed by atoms with Gasteiger partial charge in [-0.05, 0) is 102 Å². The van der Waals surface area contributed by atoms with Crippen LogP contribution < -0.4 is 10.2 Å². The second-order valence-electron chi connectivity index (χ2n) is 25.0. The zero-order chi connectivity index (χ0) is 61.4. The Labute approximate surface area is 520 Å². The summed E-state index contributed by atoms with van der Waals surface area (Å²) < 4.78 is 30.4. The number of esters is 1. The lowest BCUT2D eigenvalue weighted by Crippen LogP contribution is -2.47. The zero-order valence-electron chi connectivity index (χ0n) is 55.8. The minimum atomic E-state index is -4.71. The van der Waals surface area contributed by atoms with Crippen molar-refractivity contribution in [2.75, 3.05) is 40.9 Å². The Morgan fingerprint density at radius 2 is 0.762 bits per heavy atom. The fourth-order valence-electron chi connectivity index (χ4n) is 10.1. The molecule has 0 spiro atoms. The van der Waals surface area contributed by atoms with Gasteiger partial charge in [0.05, 0.1) is 33.8 Å². The normalized spacial score (nSPS) is 14.0. The monoisotopic (exact) mass is 1200 g/mol. The zero-order valence-corrected chi connectivity index (χ0v) is 56.7. The van der Waals surface area contributed by atoms with E-state index in [4.69, 9.17) is 13.8 Å². The standard InChI is InChI=1S/C74H135N2O7P/c1-7-10-13-16-19-22-25-28-30-32-34-36-37-38-39-41-43-45-47-49-52-55-58-61-64-67-74(78)83-72(65-62-59-56-53-50-27-24-21-18-15-12-9-3)71(70-82-84(79,80)81-69-68-76(4,5)6)75-73(77)66-63-60-57-54-51-48-46-44-42-40-35-33-31-29-26-23-20-17-14-11-8-2/h10,13,19,22,28-31,34,36,38-39,62,65,71-72H,7-9,11-12,14-18,20-21,23-27,32-33,35,37,40-61,63-64,66-70H2,1-6H3,(H-,75,77,79,80)/b13-10-,22-19-,30-28-,31-29+,36-34-,39-38-,65-62+. The van der Waals surface area contributed by atoms with Gasteiger partial charge >= 0.3 is 5.97 Å². The minimum Gasteiger partial charge on any atom is -0.756 e. The van der Waals surface area contributed by atoms with Crippen LogP contribution in [-0.4, -0.2) is 69.4 Å². The smallest absolute Gasteiger partial charge is 0.306 e. The predicted molar refractivity (Wildman–Crippen MR) is 362 cm³/mol. The van der Waals surface area contributed by atoms with Crippen LogP contribution in [0.4, 0.5) is 0 Å². The van der Waals surface area contributed by atoms with Crippen molar-refractivity contribution in [2.24, 2.45) is 0 Å². The number of ether oxygens (including phenoxy) is 1. The Morgan fingerprint density at radius 1 is 0.429 bits per heavy atom. The van der Waals surface area contributed by atoms with Crippen molar-refractivity contribution in [1.29, 1.82) is 0 Å². The molecule has 1 N–H and O–H groups in total. The molecular weight excluding hydrogens is 1060 g/mol. The third-order valence-electron chi connectivity index (χ3n) is 15.6. The van der Waals surface area contributed by atoms with Crippen molar-refractivity contribution in [2.45, 2.75) is 335 Å². The third kappa shape index (κ3) is 63.7. The van der Waals surface area contributed by atoms with Gasteiger partial charge < -0.3 is 28.5 Å². The topological polar surface area (TPSA) is 114 Å². The average Bonchev–Trinajstić information content (AvgIpc) is 3.64. The molecule has 84 heavy (non-hydrogen) atoms. The van der Waals surface area contributed by atoms with Crippen molar-refractivity contribution < 1.29 is 37.3 Å². The van der Waals surface area contributed by atoms with Crippen LogP contribution in [0.5, 0.6) is 0 Å². The molecule has 0 aromatic rings. The molecule has 9 nitrogen and oxygen atoms in total. The van der Waals surface area contributed by atoms with Crippen LogP contribution in [0.3, 0.4) is 0 Å². The lowest BCUT2D eigenvalue weighted by Gasteiger charge is -2.30. The number of hydrogen-bond acceptors (Lipinski definition) is 7. The first-order chi connectivity index (χ1) is 40.9. The van der Waals surface area contributed by atoms with Crippen LogP contribution in [-0.2, 0) is 27.9 Å². The molecule has 0 heterocycles. The van der Waals surface area contributed by atoms with Gasteiger partial charge in [-0.3, -0.25) is 14.2 Å². The number of nitrogens with zero attached hydrogens (tertiary/aromatic N) is 1. The van der Waals surface area contributed by atoms with Crippen molar-refractivity contribution in [3.05, 3.63) is 85.1 Å². The number of amides is 1. The van der Waals surface area contributed by atoms with Crippen LogP contribution in [0.2, 0.25) is 0 Å². The van der Waals surface area contributed by atoms with Gasteiger partial charge in [-0.15, -0.1) is 0 Å². The molecule has 0 rings (SSSR count). The summed E-state index contributed by atoms with van der Waals surface area (Å²) in [4.78, 5) is 40.2. The minimum absolute atomic E-state index is 0.0254. The van der Waals surface area contributed by atoms with Crippen molar-refractivity contribution in [3.8, 4) is 0 Å². The summed E-state index contributed by atoms with van der Waals surface area (Å²) in [5.74, 6) is -0.542. The SMILES string of the molecule is CC/C=C\C/C=C\C/C=C\C/C=C\C/C=C\CCCCCCCCCCCC(=O)OC(/C=C/CCCCCCCCCCCC)C(COP(=O)([O-])OCC[N+](C)(C)C)NC(=O)CCCCCCCCCCCCC/C=C/CCCCCCCC. The highest BCUT2D eigenvalue weighted by molar-refractivity contribution is 7.45. The number of phosphoric ester groups is 1. The second kappa shape index (κ2) is 63.2. The van der Waals surface area contributed by atoms with Gasteiger partial charge in [0, 0.05) is 12.8 Å². The third-order valence-corrected chi connectivity index (χ3v) is 16.5. The Hall–Kier alpha value is -2.81. The van der Waals surface area contributed by atoms with E-state index in [1.807, 2.05) is 33.3 Å². The number of phosphoric acid groups is 1. The van der Waals surface area contributed by atoms with Crippen molar-refractivity contribution >= 4 is 19.7 Å². The highest BCUT2D eigenvalue weighted by atomic mass is 31.2. The largest absolute Gasteiger partial charge is 0.756 e. The van der Waals surface area contributed by atoms with Crippen LogP contribution in [0.1, 0.15) is 323 Å². The summed E-state index contributed by atoms with van der Waals surface area (Å²) in [5.41, 5.74) is 0. The van der Waals surface area contributed by atoms with E-state index >= 15 is 0 Å². The Kier molecular flexibility index (Phi) is 61.1. The lowest BCUT2D eigenvalue weighted by atomic mass is 10.0. The summed E-state index contributed by atoms with van der Waals surface area (Å²) in [5, 5.41) is 3.04. The molecule has 0 aliphatic heterocycles. The molecule has 0 saturated carbocycles. The maximum atomic E-state index is 13.6. The number of hydrogen-bond donors (Lipinski definition) is 1. The van der Waals surface area contributed by atoms with Gasteiger partial charge in [-0.1, -0.05) is 292 Å². The number of unbranched alkanes of at least 4 members (excludes halogenated alkanes) is 36. The molecule has 0 saturated heterocycles. The number of nitrogens with one attached hydrogen (secondary N) is 1. The molecule has 0 aromatic carbocycles. The number of likely N-dealkylation sites (N-methyl/N-ethyl adjacent to an activating group) is 1. The van der Waals surface area contributed by atoms with E-state index in [0.29, 0.717) is 17.4 Å². The van der Waals surface area contributed by atoms with Gasteiger partial charge in [0.15, 0.2) is 0 Å². The number of rotatable bonds is 64. The number of quaternary nitrogens is 1. The molecule has 3 unspecified atom stereocenters. The molecule has 0 aliphatic rings. The van der Waals surface area contributed by atoms with Crippen LogP contribution >= 0.6 is 7.82 Å². The highest BCUT2D eigenvalue weighted by Crippen LogP contribution is 2.38. The average molecular weight is 1200 g/mol. The lowest BCUT2D eigenvalue weighted by molar-refractivity contribution is -0.870. The van der Waals surface area contributed by atoms with Crippen molar-refractivity contribution in [1.82, 2.24) is 5.32 Å². The van der Waals surface area contributed by atoms with Gasteiger partial charge in [0.1, 0.15) is 19.3 Å². The second-order valence-corrected chi connectivity index (χ2v) is 26.4. The van der Waals surface area contributed by atoms with E-state index < -0.39 is 26.6 Å². The van der Waals surface area contributed by atoms with E-state index in [1.54, 1.807) is 0 Å². The summed E-state index contributed by atoms with van der Waals surface area (Å²) in [6.45, 7) is 6.75. The summed E-state index contributed by atoms with van der Waals surface area (Å²) in [6.07, 6.45) is 84.1. The van der Waals surface area contributed by atoms with E-state index in [1.165, 1.54) is 186 Å². The van der Waals surface area contributed by atoms with Crippen LogP contribution in [0, 0.1) is 0 Å². The number of carbonyl (C=O) groups excluding carboxylic acids is 2. The van der Waals surface area contributed by atoms with E-state index in [9.17, 15) is 19.0 Å². The summed E-state index contributed by atoms with van der Waals surface area (Å²) in [6, 6.07) is -0.895. The summed E-state index contributed by atoms with van der Waals surface area (Å²) >= 11 is 0.